The van der Waals surface area contributed by atoms with Crippen LogP contribution in [-0.2, 0) is 13.1 Å². The van der Waals surface area contributed by atoms with Gasteiger partial charge in [0, 0.05) is 35.4 Å². The summed E-state index contributed by atoms with van der Waals surface area (Å²) in [5.41, 5.74) is 4.14. The molecule has 1 N–H and O–H groups in total. The maximum absolute atomic E-state index is 13.6. The molecule has 0 unspecified atom stereocenters. The summed E-state index contributed by atoms with van der Waals surface area (Å²) in [6, 6.07) is 15.7. The maximum Gasteiger partial charge on any atom is 0.210 e. The number of nitrogens with one attached hydrogen (secondary N) is 1. The van der Waals surface area contributed by atoms with Crippen LogP contribution in [0.2, 0.25) is 0 Å². The van der Waals surface area contributed by atoms with Gasteiger partial charge in [-0.15, -0.1) is 10.2 Å². The number of anilines is 1. The van der Waals surface area contributed by atoms with Crippen molar-refractivity contribution in [2.75, 3.05) is 5.32 Å². The van der Waals surface area contributed by atoms with Gasteiger partial charge in [-0.2, -0.15) is 0 Å². The van der Waals surface area contributed by atoms with Gasteiger partial charge in [0.1, 0.15) is 12.1 Å². The molecule has 0 bridgehead atoms. The normalized spacial score (nSPS) is 11.5. The fourth-order valence-electron chi connectivity index (χ4n) is 4.07. The summed E-state index contributed by atoms with van der Waals surface area (Å²) in [7, 11) is 0. The van der Waals surface area contributed by atoms with Crippen LogP contribution in [0.5, 0.6) is 0 Å². The minimum Gasteiger partial charge on any atom is -0.467 e. The van der Waals surface area contributed by atoms with E-state index in [0.29, 0.717) is 30.2 Å². The average molecular weight is 456 g/mol. The van der Waals surface area contributed by atoms with Crippen molar-refractivity contribution in [3.8, 4) is 11.1 Å². The van der Waals surface area contributed by atoms with E-state index in [0.717, 1.165) is 33.9 Å². The lowest BCUT2D eigenvalue weighted by Gasteiger charge is -2.10. The van der Waals surface area contributed by atoms with Crippen molar-refractivity contribution in [3.63, 3.8) is 0 Å². The van der Waals surface area contributed by atoms with Crippen molar-refractivity contribution in [1.82, 2.24) is 24.1 Å². The zero-order valence-corrected chi connectivity index (χ0v) is 17.8. The van der Waals surface area contributed by atoms with Crippen molar-refractivity contribution < 1.29 is 13.2 Å². The minimum atomic E-state index is -0.846. The van der Waals surface area contributed by atoms with Crippen LogP contribution < -0.4 is 5.32 Å². The molecule has 0 saturated heterocycles. The summed E-state index contributed by atoms with van der Waals surface area (Å²) < 4.78 is 36.0. The van der Waals surface area contributed by atoms with Gasteiger partial charge in [-0.1, -0.05) is 12.1 Å². The number of rotatable bonds is 6. The van der Waals surface area contributed by atoms with Gasteiger partial charge in [-0.05, 0) is 53.6 Å². The van der Waals surface area contributed by atoms with Crippen LogP contribution in [0.15, 0.2) is 84.0 Å². The molecule has 0 atom stereocenters. The van der Waals surface area contributed by atoms with Crippen molar-refractivity contribution in [3.05, 3.63) is 103 Å². The van der Waals surface area contributed by atoms with Gasteiger partial charge in [0.25, 0.3) is 0 Å². The number of hydrogen-bond donors (Lipinski definition) is 1. The maximum atomic E-state index is 13.6. The monoisotopic (exact) mass is 456 g/mol. The van der Waals surface area contributed by atoms with Gasteiger partial charge >= 0.3 is 0 Å². The van der Waals surface area contributed by atoms with Crippen LogP contribution in [0.3, 0.4) is 0 Å². The van der Waals surface area contributed by atoms with Crippen LogP contribution >= 0.6 is 0 Å². The number of aromatic nitrogens is 5. The zero-order chi connectivity index (χ0) is 23.1. The number of nitrogens with zero attached hydrogens (tertiary/aromatic N) is 5. The second kappa shape index (κ2) is 8.11. The summed E-state index contributed by atoms with van der Waals surface area (Å²) >= 11 is 0. The Bertz CT molecular complexity index is 1620. The molecule has 4 aromatic heterocycles. The van der Waals surface area contributed by atoms with E-state index in [1.165, 1.54) is 6.07 Å². The van der Waals surface area contributed by atoms with Gasteiger partial charge < -0.3 is 14.3 Å². The smallest absolute Gasteiger partial charge is 0.210 e. The van der Waals surface area contributed by atoms with E-state index >= 15 is 0 Å². The molecule has 6 rings (SSSR count). The summed E-state index contributed by atoms with van der Waals surface area (Å²) in [4.78, 5) is 4.57. The molecular weight excluding hydrogens is 438 g/mol. The van der Waals surface area contributed by atoms with Crippen molar-refractivity contribution in [1.29, 1.82) is 0 Å². The lowest BCUT2D eigenvalue weighted by molar-refractivity contribution is 0.506. The third-order valence-corrected chi connectivity index (χ3v) is 5.75. The molecule has 0 aliphatic heterocycles. The standard InChI is InChI=1S/C25H18F2N6O/c26-21-5-3-16(10-22(21)27)14-32-8-7-18-11-17(4-6-23(18)32)20-13-29-25(33-15-30-31-24(20)33)28-12-19-2-1-9-34-19/h1-11,13,15H,12,14H2,(H,28,29). The van der Waals surface area contributed by atoms with Crippen LogP contribution in [-0.4, -0.2) is 24.1 Å². The van der Waals surface area contributed by atoms with Gasteiger partial charge in [0.2, 0.25) is 5.95 Å². The molecule has 6 aromatic rings. The molecule has 0 radical (unpaired) electrons. The van der Waals surface area contributed by atoms with E-state index in [-0.39, 0.29) is 0 Å². The SMILES string of the molecule is Fc1ccc(Cn2ccc3cc(-c4cnc(NCc5ccco5)n5cnnc45)ccc32)cc1F. The molecule has 7 nitrogen and oxygen atoms in total. The van der Waals surface area contributed by atoms with Crippen molar-refractivity contribution in [2.24, 2.45) is 0 Å². The Morgan fingerprint density at radius 1 is 1.00 bits per heavy atom. The Kier molecular flexibility index (Phi) is 4.80. The topological polar surface area (TPSA) is 73.2 Å². The quantitative estimate of drug-likeness (QED) is 0.369. The van der Waals surface area contributed by atoms with Gasteiger partial charge in [0.05, 0.1) is 12.8 Å². The lowest BCUT2D eigenvalue weighted by Crippen LogP contribution is -2.06. The van der Waals surface area contributed by atoms with Gasteiger partial charge in [0.15, 0.2) is 17.3 Å². The van der Waals surface area contributed by atoms with Gasteiger partial charge in [-0.3, -0.25) is 4.40 Å². The van der Waals surface area contributed by atoms with E-state index in [4.69, 9.17) is 4.42 Å². The molecule has 168 valence electrons. The second-order valence-corrected chi connectivity index (χ2v) is 7.92. The Balaban J connectivity index is 1.31. The second-order valence-electron chi connectivity index (χ2n) is 7.92. The molecule has 0 aliphatic rings. The van der Waals surface area contributed by atoms with Gasteiger partial charge in [-0.25, -0.2) is 13.8 Å². The van der Waals surface area contributed by atoms with E-state index in [1.807, 2.05) is 41.1 Å². The minimum absolute atomic E-state index is 0.437. The Morgan fingerprint density at radius 3 is 2.79 bits per heavy atom. The van der Waals surface area contributed by atoms with E-state index < -0.39 is 11.6 Å². The first-order valence-corrected chi connectivity index (χ1v) is 10.6. The van der Waals surface area contributed by atoms with E-state index in [9.17, 15) is 8.78 Å². The number of hydrogen-bond acceptors (Lipinski definition) is 5. The van der Waals surface area contributed by atoms with E-state index in [1.54, 1.807) is 29.3 Å². The summed E-state index contributed by atoms with van der Waals surface area (Å²) in [5.74, 6) is -0.283. The molecular formula is C25H18F2N6O. The molecule has 0 fully saturated rings. The molecule has 34 heavy (non-hydrogen) atoms. The molecule has 0 spiro atoms. The Morgan fingerprint density at radius 2 is 1.94 bits per heavy atom. The average Bonchev–Trinajstić information content (AvgIpc) is 3.61. The predicted molar refractivity (Wildman–Crippen MR) is 123 cm³/mol. The van der Waals surface area contributed by atoms with Crippen LogP contribution in [0, 0.1) is 11.6 Å². The lowest BCUT2D eigenvalue weighted by atomic mass is 10.1. The fourth-order valence-corrected chi connectivity index (χ4v) is 4.07. The van der Waals surface area contributed by atoms with E-state index in [2.05, 4.69) is 26.6 Å². The molecule has 0 saturated carbocycles. The molecule has 2 aromatic carbocycles. The highest BCUT2D eigenvalue weighted by Crippen LogP contribution is 2.29. The molecule has 0 aliphatic carbocycles. The van der Waals surface area contributed by atoms with Crippen LogP contribution in [0.1, 0.15) is 11.3 Å². The number of furan rings is 1. The summed E-state index contributed by atoms with van der Waals surface area (Å²) in [6.45, 7) is 0.927. The first kappa shape index (κ1) is 20.1. The predicted octanol–water partition coefficient (Wildman–Crippen LogP) is 5.28. The highest BCUT2D eigenvalue weighted by Gasteiger charge is 2.13. The van der Waals surface area contributed by atoms with Crippen molar-refractivity contribution in [2.45, 2.75) is 13.1 Å². The number of fused-ring (bicyclic) bond motifs is 2. The fraction of sp³-hybridized carbons (Fsp3) is 0.0800. The largest absolute Gasteiger partial charge is 0.467 e. The number of benzene rings is 2. The summed E-state index contributed by atoms with van der Waals surface area (Å²) in [5, 5.41) is 12.6. The highest BCUT2D eigenvalue weighted by molar-refractivity contribution is 5.88. The van der Waals surface area contributed by atoms with Crippen LogP contribution in [0.25, 0.3) is 27.7 Å². The molecule has 0 amide bonds. The number of halogens is 2. The Labute approximate surface area is 192 Å². The first-order chi connectivity index (χ1) is 16.7. The zero-order valence-electron chi connectivity index (χ0n) is 17.8. The highest BCUT2D eigenvalue weighted by atomic mass is 19.2. The third kappa shape index (κ3) is 3.57. The van der Waals surface area contributed by atoms with Crippen LogP contribution in [0.4, 0.5) is 14.7 Å². The third-order valence-electron chi connectivity index (χ3n) is 5.75. The molecule has 9 heteroatoms. The van der Waals surface area contributed by atoms with Crippen molar-refractivity contribution >= 4 is 22.5 Å². The molecule has 4 heterocycles. The Hall–Kier alpha value is -4.53. The summed E-state index contributed by atoms with van der Waals surface area (Å²) in [6.07, 6.45) is 6.95. The first-order valence-electron chi connectivity index (χ1n) is 10.6.